The Kier molecular flexibility index (Phi) is 7.75. The molecule has 0 aromatic rings. The third-order valence-corrected chi connectivity index (χ3v) is 2.02. The predicted octanol–water partition coefficient (Wildman–Crippen LogP) is 2.06. The molecule has 0 bridgehead atoms. The minimum atomic E-state index is -0.226. The molecule has 0 amide bonds. The Bertz CT molecular complexity index is 70.6. The molecule has 0 fully saturated rings. The standard InChI is InChI=1S/C7H15BrFN/c1-2-10(7-5-9)6-3-4-8/h2-7H2,1H3. The second-order valence-corrected chi connectivity index (χ2v) is 2.96. The van der Waals surface area contributed by atoms with Crippen LogP contribution in [-0.2, 0) is 0 Å². The van der Waals surface area contributed by atoms with E-state index in [0.717, 1.165) is 24.8 Å². The van der Waals surface area contributed by atoms with E-state index in [1.807, 2.05) is 0 Å². The number of alkyl halides is 2. The normalized spacial score (nSPS) is 10.8. The fourth-order valence-corrected chi connectivity index (χ4v) is 1.08. The topological polar surface area (TPSA) is 3.24 Å². The summed E-state index contributed by atoms with van der Waals surface area (Å²) in [5.74, 6) is 0. The van der Waals surface area contributed by atoms with Gasteiger partial charge in [0.25, 0.3) is 0 Å². The zero-order chi connectivity index (χ0) is 7.82. The summed E-state index contributed by atoms with van der Waals surface area (Å²) in [6, 6.07) is 0. The average Bonchev–Trinajstić information content (AvgIpc) is 1.98. The van der Waals surface area contributed by atoms with Crippen molar-refractivity contribution in [3.05, 3.63) is 0 Å². The third-order valence-electron chi connectivity index (χ3n) is 1.46. The van der Waals surface area contributed by atoms with Crippen LogP contribution in [0.4, 0.5) is 4.39 Å². The molecule has 0 spiro atoms. The van der Waals surface area contributed by atoms with Crippen LogP contribution in [0.2, 0.25) is 0 Å². The zero-order valence-corrected chi connectivity index (χ0v) is 8.03. The van der Waals surface area contributed by atoms with Gasteiger partial charge >= 0.3 is 0 Å². The summed E-state index contributed by atoms with van der Waals surface area (Å²) in [6.07, 6.45) is 1.10. The van der Waals surface area contributed by atoms with E-state index in [2.05, 4.69) is 27.8 Å². The van der Waals surface area contributed by atoms with Crippen molar-refractivity contribution >= 4 is 15.9 Å². The van der Waals surface area contributed by atoms with Crippen molar-refractivity contribution in [1.82, 2.24) is 4.90 Å². The number of rotatable bonds is 6. The smallest absolute Gasteiger partial charge is 0.102 e. The van der Waals surface area contributed by atoms with Crippen LogP contribution < -0.4 is 0 Å². The first-order valence-electron chi connectivity index (χ1n) is 3.69. The average molecular weight is 212 g/mol. The van der Waals surface area contributed by atoms with Crippen LogP contribution in [0.25, 0.3) is 0 Å². The molecule has 0 aromatic carbocycles. The SMILES string of the molecule is CCN(CCF)CCCBr. The molecule has 0 aliphatic carbocycles. The molecule has 0 aliphatic rings. The maximum Gasteiger partial charge on any atom is 0.102 e. The molecule has 3 heteroatoms. The van der Waals surface area contributed by atoms with Gasteiger partial charge in [-0.05, 0) is 19.5 Å². The Morgan fingerprint density at radius 3 is 2.50 bits per heavy atom. The lowest BCUT2D eigenvalue weighted by atomic mass is 10.4. The van der Waals surface area contributed by atoms with Crippen LogP contribution >= 0.6 is 15.9 Å². The van der Waals surface area contributed by atoms with E-state index in [4.69, 9.17) is 0 Å². The van der Waals surface area contributed by atoms with Crippen molar-refractivity contribution in [2.45, 2.75) is 13.3 Å². The molecule has 0 atom stereocenters. The molecule has 0 N–H and O–H groups in total. The maximum absolute atomic E-state index is 11.8. The monoisotopic (exact) mass is 211 g/mol. The Morgan fingerprint density at radius 1 is 1.40 bits per heavy atom. The number of halogens is 2. The minimum absolute atomic E-state index is 0.226. The van der Waals surface area contributed by atoms with Gasteiger partial charge < -0.3 is 4.90 Å². The van der Waals surface area contributed by atoms with Gasteiger partial charge in [0.15, 0.2) is 0 Å². The van der Waals surface area contributed by atoms with Gasteiger partial charge in [-0.25, -0.2) is 4.39 Å². The quantitative estimate of drug-likeness (QED) is 0.609. The van der Waals surface area contributed by atoms with Crippen LogP contribution in [0.1, 0.15) is 13.3 Å². The maximum atomic E-state index is 11.8. The fourth-order valence-electron chi connectivity index (χ4n) is 0.831. The molecule has 0 aliphatic heterocycles. The van der Waals surface area contributed by atoms with Gasteiger partial charge in [-0.2, -0.15) is 0 Å². The molecular formula is C7H15BrFN. The van der Waals surface area contributed by atoms with E-state index in [1.165, 1.54) is 0 Å². The van der Waals surface area contributed by atoms with E-state index in [-0.39, 0.29) is 6.67 Å². The van der Waals surface area contributed by atoms with Gasteiger partial charge in [0.2, 0.25) is 0 Å². The van der Waals surface area contributed by atoms with E-state index in [1.54, 1.807) is 0 Å². The Morgan fingerprint density at radius 2 is 2.10 bits per heavy atom. The molecule has 10 heavy (non-hydrogen) atoms. The van der Waals surface area contributed by atoms with Crippen molar-refractivity contribution in [2.24, 2.45) is 0 Å². The Labute approximate surface area is 70.7 Å². The van der Waals surface area contributed by atoms with Crippen LogP contribution in [0.15, 0.2) is 0 Å². The van der Waals surface area contributed by atoms with E-state index >= 15 is 0 Å². The zero-order valence-electron chi connectivity index (χ0n) is 6.45. The molecule has 1 nitrogen and oxygen atoms in total. The molecule has 62 valence electrons. The highest BCUT2D eigenvalue weighted by Crippen LogP contribution is 1.93. The van der Waals surface area contributed by atoms with Gasteiger partial charge in [0.1, 0.15) is 6.67 Å². The van der Waals surface area contributed by atoms with Gasteiger partial charge in [-0.3, -0.25) is 0 Å². The third kappa shape index (κ3) is 5.18. The van der Waals surface area contributed by atoms with E-state index in [9.17, 15) is 4.39 Å². The van der Waals surface area contributed by atoms with Crippen LogP contribution in [-0.4, -0.2) is 36.5 Å². The van der Waals surface area contributed by atoms with Gasteiger partial charge in [-0.15, -0.1) is 0 Å². The number of nitrogens with zero attached hydrogens (tertiary/aromatic N) is 1. The van der Waals surface area contributed by atoms with Crippen molar-refractivity contribution in [3.63, 3.8) is 0 Å². The van der Waals surface area contributed by atoms with E-state index < -0.39 is 0 Å². The van der Waals surface area contributed by atoms with Crippen LogP contribution in [0.3, 0.4) is 0 Å². The molecule has 0 radical (unpaired) electrons. The summed E-state index contributed by atoms with van der Waals surface area (Å²) in [5, 5.41) is 1.01. The van der Waals surface area contributed by atoms with Crippen molar-refractivity contribution < 1.29 is 4.39 Å². The second-order valence-electron chi connectivity index (χ2n) is 2.17. The van der Waals surface area contributed by atoms with Crippen molar-refractivity contribution in [3.8, 4) is 0 Å². The Hall–Kier alpha value is 0.370. The summed E-state index contributed by atoms with van der Waals surface area (Å²) in [6.45, 7) is 4.38. The molecular weight excluding hydrogens is 197 g/mol. The molecule has 0 unspecified atom stereocenters. The summed E-state index contributed by atoms with van der Waals surface area (Å²) < 4.78 is 11.8. The lowest BCUT2D eigenvalue weighted by molar-refractivity contribution is 0.260. The highest BCUT2D eigenvalue weighted by atomic mass is 79.9. The first-order chi connectivity index (χ1) is 4.85. The van der Waals surface area contributed by atoms with Crippen LogP contribution in [0.5, 0.6) is 0 Å². The molecule has 0 heterocycles. The summed E-state index contributed by atoms with van der Waals surface area (Å²) in [4.78, 5) is 2.11. The lowest BCUT2D eigenvalue weighted by Crippen LogP contribution is -2.26. The molecule has 0 saturated heterocycles. The van der Waals surface area contributed by atoms with Gasteiger partial charge in [-0.1, -0.05) is 22.9 Å². The highest BCUT2D eigenvalue weighted by molar-refractivity contribution is 9.09. The first-order valence-corrected chi connectivity index (χ1v) is 4.81. The summed E-state index contributed by atoms with van der Waals surface area (Å²) in [5.41, 5.74) is 0. The van der Waals surface area contributed by atoms with E-state index in [0.29, 0.717) is 6.54 Å². The van der Waals surface area contributed by atoms with Crippen molar-refractivity contribution in [1.29, 1.82) is 0 Å². The van der Waals surface area contributed by atoms with Crippen molar-refractivity contribution in [2.75, 3.05) is 31.6 Å². The first kappa shape index (κ1) is 10.4. The second kappa shape index (κ2) is 7.48. The Balaban J connectivity index is 3.21. The predicted molar refractivity (Wildman–Crippen MR) is 46.5 cm³/mol. The molecule has 0 saturated carbocycles. The summed E-state index contributed by atoms with van der Waals surface area (Å²) >= 11 is 3.34. The van der Waals surface area contributed by atoms with Gasteiger partial charge in [0, 0.05) is 11.9 Å². The molecule has 0 aromatic heterocycles. The molecule has 0 rings (SSSR count). The van der Waals surface area contributed by atoms with Crippen LogP contribution in [0, 0.1) is 0 Å². The summed E-state index contributed by atoms with van der Waals surface area (Å²) in [7, 11) is 0. The lowest BCUT2D eigenvalue weighted by Gasteiger charge is -2.17. The van der Waals surface area contributed by atoms with Gasteiger partial charge in [0.05, 0.1) is 0 Å². The highest BCUT2D eigenvalue weighted by Gasteiger charge is 1.98. The minimum Gasteiger partial charge on any atom is -0.301 e. The fraction of sp³-hybridized carbons (Fsp3) is 1.00. The number of hydrogen-bond acceptors (Lipinski definition) is 1. The number of hydrogen-bond donors (Lipinski definition) is 0. The largest absolute Gasteiger partial charge is 0.301 e.